The Hall–Kier alpha value is -2.40. The van der Waals surface area contributed by atoms with Gasteiger partial charge in [-0.05, 0) is 49.2 Å². The van der Waals surface area contributed by atoms with Gasteiger partial charge in [-0.1, -0.05) is 39.7 Å². The second-order valence-electron chi connectivity index (χ2n) is 5.35. The molecule has 0 spiro atoms. The number of aryl methyl sites for hydroxylation is 2. The van der Waals surface area contributed by atoms with Crippen molar-refractivity contribution in [3.63, 3.8) is 0 Å². The molecule has 1 N–H and O–H groups in total. The third-order valence-corrected chi connectivity index (χ3v) is 3.99. The van der Waals surface area contributed by atoms with E-state index in [0.717, 1.165) is 21.0 Å². The van der Waals surface area contributed by atoms with Crippen molar-refractivity contribution in [2.45, 2.75) is 13.8 Å². The Kier molecular flexibility index (Phi) is 4.30. The normalized spacial score (nSPS) is 11.3. The summed E-state index contributed by atoms with van der Waals surface area (Å²) >= 11 is 3.39. The minimum Gasteiger partial charge on any atom is -0.451 e. The predicted molar refractivity (Wildman–Crippen MR) is 94.9 cm³/mol. The van der Waals surface area contributed by atoms with Crippen LogP contribution < -0.4 is 5.43 Å². The summed E-state index contributed by atoms with van der Waals surface area (Å²) in [7, 11) is 0. The molecule has 0 fully saturated rings. The minimum absolute atomic E-state index is 0.232. The van der Waals surface area contributed by atoms with Gasteiger partial charge in [-0.3, -0.25) is 4.79 Å². The van der Waals surface area contributed by atoms with Crippen molar-refractivity contribution in [2.24, 2.45) is 5.10 Å². The summed E-state index contributed by atoms with van der Waals surface area (Å²) in [5.41, 5.74) is 6.42. The van der Waals surface area contributed by atoms with Gasteiger partial charge in [-0.2, -0.15) is 5.10 Å². The van der Waals surface area contributed by atoms with Crippen molar-refractivity contribution in [2.75, 3.05) is 0 Å². The number of fused-ring (bicyclic) bond motifs is 1. The molecule has 0 saturated heterocycles. The molecular weight excluding hydrogens is 356 g/mol. The standard InChI is InChI=1S/C18H15BrN2O2/c1-11-3-4-13(12(2)7-11)10-20-21-18(22)17-9-14-8-15(19)5-6-16(14)23-17/h3-10H,1-2H3,(H,21,22)/b20-10+. The van der Waals surface area contributed by atoms with E-state index in [-0.39, 0.29) is 11.7 Å². The maximum Gasteiger partial charge on any atom is 0.307 e. The van der Waals surface area contributed by atoms with E-state index in [1.807, 2.05) is 44.2 Å². The Balaban J connectivity index is 1.74. The second kappa shape index (κ2) is 6.38. The maximum absolute atomic E-state index is 12.1. The number of hydrogen-bond acceptors (Lipinski definition) is 3. The molecule has 3 aromatic rings. The highest BCUT2D eigenvalue weighted by molar-refractivity contribution is 9.10. The Labute approximate surface area is 142 Å². The summed E-state index contributed by atoms with van der Waals surface area (Å²) < 4.78 is 6.46. The molecule has 0 atom stereocenters. The van der Waals surface area contributed by atoms with Crippen LogP contribution in [-0.2, 0) is 0 Å². The first-order valence-corrected chi connectivity index (χ1v) is 7.92. The van der Waals surface area contributed by atoms with Crippen LogP contribution in [-0.4, -0.2) is 12.1 Å². The van der Waals surface area contributed by atoms with Gasteiger partial charge in [0, 0.05) is 9.86 Å². The number of hydrogen-bond donors (Lipinski definition) is 1. The Morgan fingerprint density at radius 2 is 2.00 bits per heavy atom. The van der Waals surface area contributed by atoms with Crippen LogP contribution >= 0.6 is 15.9 Å². The predicted octanol–water partition coefficient (Wildman–Crippen LogP) is 4.58. The zero-order chi connectivity index (χ0) is 16.4. The number of amides is 1. The molecular formula is C18H15BrN2O2. The fraction of sp³-hybridized carbons (Fsp3) is 0.111. The summed E-state index contributed by atoms with van der Waals surface area (Å²) in [6.45, 7) is 4.04. The number of carbonyl (C=O) groups is 1. The van der Waals surface area contributed by atoms with Gasteiger partial charge in [0.25, 0.3) is 0 Å². The van der Waals surface area contributed by atoms with Crippen LogP contribution in [0.4, 0.5) is 0 Å². The molecule has 116 valence electrons. The average molecular weight is 371 g/mol. The van der Waals surface area contributed by atoms with Gasteiger partial charge in [0.1, 0.15) is 5.58 Å². The molecule has 1 aromatic heterocycles. The number of halogens is 1. The van der Waals surface area contributed by atoms with Crippen LogP contribution in [0.5, 0.6) is 0 Å². The smallest absolute Gasteiger partial charge is 0.307 e. The minimum atomic E-state index is -0.377. The van der Waals surface area contributed by atoms with Gasteiger partial charge in [-0.15, -0.1) is 0 Å². The first kappa shape index (κ1) is 15.5. The van der Waals surface area contributed by atoms with Gasteiger partial charge in [-0.25, -0.2) is 5.43 Å². The van der Waals surface area contributed by atoms with Crippen molar-refractivity contribution in [1.29, 1.82) is 0 Å². The van der Waals surface area contributed by atoms with Crippen LogP contribution in [0.25, 0.3) is 11.0 Å². The van der Waals surface area contributed by atoms with E-state index in [9.17, 15) is 4.79 Å². The zero-order valence-electron chi connectivity index (χ0n) is 12.8. The topological polar surface area (TPSA) is 54.6 Å². The van der Waals surface area contributed by atoms with E-state index in [1.165, 1.54) is 5.56 Å². The van der Waals surface area contributed by atoms with Crippen molar-refractivity contribution in [3.8, 4) is 0 Å². The number of nitrogens with zero attached hydrogens (tertiary/aromatic N) is 1. The molecule has 5 heteroatoms. The second-order valence-corrected chi connectivity index (χ2v) is 6.27. The van der Waals surface area contributed by atoms with E-state index in [0.29, 0.717) is 5.58 Å². The molecule has 0 radical (unpaired) electrons. The molecule has 23 heavy (non-hydrogen) atoms. The molecule has 3 rings (SSSR count). The van der Waals surface area contributed by atoms with Crippen molar-refractivity contribution in [1.82, 2.24) is 5.43 Å². The van der Waals surface area contributed by atoms with Crippen molar-refractivity contribution < 1.29 is 9.21 Å². The average Bonchev–Trinajstić information content (AvgIpc) is 2.92. The number of benzene rings is 2. The third kappa shape index (κ3) is 3.51. The molecule has 0 aliphatic carbocycles. The molecule has 1 amide bonds. The maximum atomic E-state index is 12.1. The van der Waals surface area contributed by atoms with Crippen LogP contribution in [0, 0.1) is 13.8 Å². The lowest BCUT2D eigenvalue weighted by atomic mass is 10.1. The largest absolute Gasteiger partial charge is 0.451 e. The quantitative estimate of drug-likeness (QED) is 0.541. The van der Waals surface area contributed by atoms with Crippen molar-refractivity contribution in [3.05, 3.63) is 69.4 Å². The Morgan fingerprint density at radius 3 is 2.78 bits per heavy atom. The molecule has 0 aliphatic heterocycles. The summed E-state index contributed by atoms with van der Waals surface area (Å²) in [5.74, 6) is -0.144. The Morgan fingerprint density at radius 1 is 1.17 bits per heavy atom. The van der Waals surface area contributed by atoms with Crippen molar-refractivity contribution >= 4 is 39.0 Å². The van der Waals surface area contributed by atoms with Crippen LogP contribution in [0.1, 0.15) is 27.2 Å². The molecule has 0 aliphatic rings. The van der Waals surface area contributed by atoms with Crippen LogP contribution in [0.3, 0.4) is 0 Å². The number of hydrazone groups is 1. The van der Waals surface area contributed by atoms with E-state index in [4.69, 9.17) is 4.42 Å². The third-order valence-electron chi connectivity index (χ3n) is 3.50. The highest BCUT2D eigenvalue weighted by atomic mass is 79.9. The van der Waals surface area contributed by atoms with E-state index < -0.39 is 0 Å². The van der Waals surface area contributed by atoms with Crippen LogP contribution in [0.15, 0.2) is 56.5 Å². The van der Waals surface area contributed by atoms with Crippen LogP contribution in [0.2, 0.25) is 0 Å². The van der Waals surface area contributed by atoms with E-state index >= 15 is 0 Å². The number of carbonyl (C=O) groups excluding carboxylic acids is 1. The first-order valence-electron chi connectivity index (χ1n) is 7.13. The lowest BCUT2D eigenvalue weighted by Crippen LogP contribution is -2.16. The summed E-state index contributed by atoms with van der Waals surface area (Å²) in [5, 5.41) is 4.87. The number of rotatable bonds is 3. The molecule has 2 aromatic carbocycles. The summed E-state index contributed by atoms with van der Waals surface area (Å²) in [6.07, 6.45) is 1.63. The molecule has 0 bridgehead atoms. The molecule has 0 saturated carbocycles. The Bertz CT molecular complexity index is 913. The lowest BCUT2D eigenvalue weighted by Gasteiger charge is -2.01. The monoisotopic (exact) mass is 370 g/mol. The lowest BCUT2D eigenvalue weighted by molar-refractivity contribution is 0.0929. The molecule has 4 nitrogen and oxygen atoms in total. The first-order chi connectivity index (χ1) is 11.0. The van der Waals surface area contributed by atoms with Gasteiger partial charge in [0.15, 0.2) is 5.76 Å². The van der Waals surface area contributed by atoms with Gasteiger partial charge in [0.05, 0.1) is 6.21 Å². The van der Waals surface area contributed by atoms with Gasteiger partial charge in [0.2, 0.25) is 0 Å². The number of furan rings is 1. The summed E-state index contributed by atoms with van der Waals surface area (Å²) in [6, 6.07) is 13.3. The fourth-order valence-electron chi connectivity index (χ4n) is 2.31. The van der Waals surface area contributed by atoms with Gasteiger partial charge >= 0.3 is 5.91 Å². The molecule has 0 unspecified atom stereocenters. The molecule has 1 heterocycles. The SMILES string of the molecule is Cc1ccc(/C=N/NC(=O)c2cc3cc(Br)ccc3o2)c(C)c1. The highest BCUT2D eigenvalue weighted by Gasteiger charge is 2.11. The van der Waals surface area contributed by atoms with E-state index in [2.05, 4.69) is 32.5 Å². The van der Waals surface area contributed by atoms with Gasteiger partial charge < -0.3 is 4.42 Å². The fourth-order valence-corrected chi connectivity index (χ4v) is 2.69. The highest BCUT2D eigenvalue weighted by Crippen LogP contribution is 2.23. The van der Waals surface area contributed by atoms with E-state index in [1.54, 1.807) is 12.3 Å². The zero-order valence-corrected chi connectivity index (χ0v) is 14.3. The summed E-state index contributed by atoms with van der Waals surface area (Å²) in [4.78, 5) is 12.1. The number of nitrogens with one attached hydrogen (secondary N) is 1.